The van der Waals surface area contributed by atoms with Gasteiger partial charge in [0.1, 0.15) is 5.82 Å². The highest BCUT2D eigenvalue weighted by Gasteiger charge is 2.39. The summed E-state index contributed by atoms with van der Waals surface area (Å²) in [6, 6.07) is 11.9. The molecule has 32 heavy (non-hydrogen) atoms. The Labute approximate surface area is 186 Å². The molecule has 2 unspecified atom stereocenters. The first-order valence-electron chi connectivity index (χ1n) is 11.3. The summed E-state index contributed by atoms with van der Waals surface area (Å²) in [6.45, 7) is 1.08. The van der Waals surface area contributed by atoms with Gasteiger partial charge in [-0.05, 0) is 67.5 Å². The van der Waals surface area contributed by atoms with Crippen LogP contribution in [0, 0.1) is 17.7 Å². The number of aromatic nitrogens is 2. The highest BCUT2D eigenvalue weighted by atomic mass is 19.1. The van der Waals surface area contributed by atoms with Crippen molar-refractivity contribution in [1.82, 2.24) is 20.0 Å². The molecule has 5 rings (SSSR count). The number of fused-ring (bicyclic) bond motifs is 1. The zero-order valence-electron chi connectivity index (χ0n) is 18.1. The van der Waals surface area contributed by atoms with Crippen LogP contribution in [0.5, 0.6) is 0 Å². The Bertz CT molecular complexity index is 1140. The molecule has 2 heterocycles. The van der Waals surface area contributed by atoms with Gasteiger partial charge in [0.2, 0.25) is 5.91 Å². The summed E-state index contributed by atoms with van der Waals surface area (Å²) in [4.78, 5) is 30.2. The van der Waals surface area contributed by atoms with Gasteiger partial charge in [0.15, 0.2) is 0 Å². The molecule has 7 heteroatoms. The van der Waals surface area contributed by atoms with E-state index in [1.807, 2.05) is 24.1 Å². The van der Waals surface area contributed by atoms with Crippen LogP contribution in [0.1, 0.15) is 47.6 Å². The first-order valence-corrected chi connectivity index (χ1v) is 11.3. The summed E-state index contributed by atoms with van der Waals surface area (Å²) in [5.74, 6) is -0.0682. The maximum atomic E-state index is 13.5. The molecule has 2 atom stereocenters. The molecule has 0 spiro atoms. The van der Waals surface area contributed by atoms with E-state index in [4.69, 9.17) is 0 Å². The number of likely N-dealkylation sites (tertiary alicyclic amines) is 1. The molecule has 1 aliphatic heterocycles. The number of H-pyrrole nitrogens is 1. The topological polar surface area (TPSA) is 69.3 Å². The predicted molar refractivity (Wildman–Crippen MR) is 119 cm³/mol. The molecular formula is C25H27FN4O2. The molecule has 0 radical (unpaired) electrons. The van der Waals surface area contributed by atoms with E-state index < -0.39 is 0 Å². The fourth-order valence-corrected chi connectivity index (χ4v) is 4.93. The lowest BCUT2D eigenvalue weighted by Gasteiger charge is -2.37. The van der Waals surface area contributed by atoms with Gasteiger partial charge in [-0.25, -0.2) is 4.39 Å². The molecular weight excluding hydrogens is 407 g/mol. The van der Waals surface area contributed by atoms with E-state index in [-0.39, 0.29) is 29.6 Å². The van der Waals surface area contributed by atoms with Gasteiger partial charge >= 0.3 is 0 Å². The lowest BCUT2D eigenvalue weighted by Crippen LogP contribution is -2.46. The molecule has 2 amide bonds. The molecule has 1 aliphatic carbocycles. The molecule has 3 aromatic rings. The Kier molecular flexibility index (Phi) is 5.41. The third-order valence-corrected chi connectivity index (χ3v) is 6.79. The number of piperidine rings is 1. The number of benzene rings is 2. The van der Waals surface area contributed by atoms with Crippen molar-refractivity contribution in [3.63, 3.8) is 0 Å². The SMILES string of the molecule is CN(C(=O)C1CCCN(C(=O)c2ccc3[nH]ncc3c2)C1)C(c1ccc(F)cc1)C1CC1. The number of aromatic amines is 1. The number of carbonyl (C=O) groups is 2. The first-order chi connectivity index (χ1) is 15.5. The van der Waals surface area contributed by atoms with Gasteiger partial charge in [-0.15, -0.1) is 0 Å². The van der Waals surface area contributed by atoms with Crippen molar-refractivity contribution in [2.75, 3.05) is 20.1 Å². The molecule has 1 aromatic heterocycles. The van der Waals surface area contributed by atoms with Gasteiger partial charge in [0.05, 0.1) is 23.7 Å². The van der Waals surface area contributed by atoms with Crippen molar-refractivity contribution in [2.45, 2.75) is 31.7 Å². The Morgan fingerprint density at radius 2 is 1.94 bits per heavy atom. The molecule has 1 saturated heterocycles. The van der Waals surface area contributed by atoms with Crippen molar-refractivity contribution >= 4 is 22.7 Å². The van der Waals surface area contributed by atoms with Crippen LogP contribution in [-0.4, -0.2) is 51.9 Å². The van der Waals surface area contributed by atoms with Gasteiger partial charge in [-0.1, -0.05) is 12.1 Å². The monoisotopic (exact) mass is 434 g/mol. The van der Waals surface area contributed by atoms with Crippen molar-refractivity contribution < 1.29 is 14.0 Å². The van der Waals surface area contributed by atoms with Crippen LogP contribution in [0.2, 0.25) is 0 Å². The number of halogens is 1. The fraction of sp³-hybridized carbons (Fsp3) is 0.400. The Morgan fingerprint density at radius 1 is 1.16 bits per heavy atom. The van der Waals surface area contributed by atoms with Crippen molar-refractivity contribution in [3.05, 3.63) is 65.6 Å². The normalized spacial score (nSPS) is 19.7. The second-order valence-electron chi connectivity index (χ2n) is 9.05. The van der Waals surface area contributed by atoms with Gasteiger partial charge in [0.25, 0.3) is 5.91 Å². The number of nitrogens with zero attached hydrogens (tertiary/aromatic N) is 3. The summed E-state index contributed by atoms with van der Waals surface area (Å²) in [5, 5.41) is 7.80. The van der Waals surface area contributed by atoms with E-state index in [9.17, 15) is 14.0 Å². The summed E-state index contributed by atoms with van der Waals surface area (Å²) in [7, 11) is 1.85. The van der Waals surface area contributed by atoms with Crippen molar-refractivity contribution in [3.8, 4) is 0 Å². The third-order valence-electron chi connectivity index (χ3n) is 6.79. The Morgan fingerprint density at radius 3 is 2.69 bits per heavy atom. The first kappa shape index (κ1) is 20.7. The predicted octanol–water partition coefficient (Wildman–Crippen LogP) is 4.16. The average Bonchev–Trinajstić information content (AvgIpc) is 3.54. The van der Waals surface area contributed by atoms with Crippen molar-refractivity contribution in [1.29, 1.82) is 0 Å². The minimum Gasteiger partial charge on any atom is -0.338 e. The lowest BCUT2D eigenvalue weighted by molar-refractivity contribution is -0.138. The van der Waals surface area contributed by atoms with E-state index in [0.717, 1.165) is 42.1 Å². The highest BCUT2D eigenvalue weighted by Crippen LogP contribution is 2.44. The largest absolute Gasteiger partial charge is 0.338 e. The molecule has 0 bridgehead atoms. The number of hydrogen-bond acceptors (Lipinski definition) is 3. The van der Waals surface area contributed by atoms with E-state index >= 15 is 0 Å². The molecule has 2 aliphatic rings. The van der Waals surface area contributed by atoms with Crippen LogP contribution < -0.4 is 0 Å². The smallest absolute Gasteiger partial charge is 0.253 e. The van der Waals surface area contributed by atoms with E-state index in [1.165, 1.54) is 12.1 Å². The van der Waals surface area contributed by atoms with Gasteiger partial charge in [-0.3, -0.25) is 14.7 Å². The number of nitrogens with one attached hydrogen (secondary N) is 1. The number of carbonyl (C=O) groups excluding carboxylic acids is 2. The molecule has 1 N–H and O–H groups in total. The van der Waals surface area contributed by atoms with E-state index in [2.05, 4.69) is 10.2 Å². The zero-order chi connectivity index (χ0) is 22.2. The van der Waals surface area contributed by atoms with Crippen LogP contribution in [0.25, 0.3) is 10.9 Å². The maximum absolute atomic E-state index is 13.5. The Hall–Kier alpha value is -3.22. The van der Waals surface area contributed by atoms with Crippen LogP contribution >= 0.6 is 0 Å². The second-order valence-corrected chi connectivity index (χ2v) is 9.05. The highest BCUT2D eigenvalue weighted by molar-refractivity contribution is 5.98. The second kappa shape index (κ2) is 8.37. The minimum absolute atomic E-state index is 0.0438. The maximum Gasteiger partial charge on any atom is 0.253 e. The minimum atomic E-state index is -0.271. The van der Waals surface area contributed by atoms with Crippen LogP contribution in [0.3, 0.4) is 0 Å². The Balaban J connectivity index is 1.31. The standard InChI is InChI=1S/C25H27FN4O2/c1-29(23(16-4-5-16)17-6-9-21(26)10-7-17)24(31)19-3-2-12-30(15-19)25(32)18-8-11-22-20(13-18)14-27-28-22/h6-11,13-14,16,19,23H,2-5,12,15H2,1H3,(H,27,28). The molecule has 2 aromatic carbocycles. The molecule has 166 valence electrons. The molecule has 2 fully saturated rings. The summed E-state index contributed by atoms with van der Waals surface area (Å²) in [6.07, 6.45) is 5.43. The number of amides is 2. The quantitative estimate of drug-likeness (QED) is 0.656. The van der Waals surface area contributed by atoms with E-state index in [1.54, 1.807) is 29.3 Å². The zero-order valence-corrected chi connectivity index (χ0v) is 18.1. The molecule has 6 nitrogen and oxygen atoms in total. The van der Waals surface area contributed by atoms with Gasteiger partial charge < -0.3 is 9.80 Å². The average molecular weight is 435 g/mol. The number of rotatable bonds is 5. The van der Waals surface area contributed by atoms with Crippen molar-refractivity contribution in [2.24, 2.45) is 11.8 Å². The summed E-state index contributed by atoms with van der Waals surface area (Å²) < 4.78 is 13.4. The fourth-order valence-electron chi connectivity index (χ4n) is 4.93. The van der Waals surface area contributed by atoms with E-state index in [0.29, 0.717) is 24.6 Å². The van der Waals surface area contributed by atoms with Gasteiger partial charge in [0, 0.05) is 31.1 Å². The van der Waals surface area contributed by atoms with Gasteiger partial charge in [-0.2, -0.15) is 5.10 Å². The van der Waals surface area contributed by atoms with Crippen LogP contribution in [-0.2, 0) is 4.79 Å². The third kappa shape index (κ3) is 3.99. The van der Waals surface area contributed by atoms with Crippen LogP contribution in [0.4, 0.5) is 4.39 Å². The summed E-state index contributed by atoms with van der Waals surface area (Å²) >= 11 is 0. The lowest BCUT2D eigenvalue weighted by atomic mass is 9.93. The van der Waals surface area contributed by atoms with Crippen LogP contribution in [0.15, 0.2) is 48.7 Å². The number of hydrogen-bond donors (Lipinski definition) is 1. The molecule has 1 saturated carbocycles. The summed E-state index contributed by atoms with van der Waals surface area (Å²) in [5.41, 5.74) is 2.48.